The number of morpholine rings is 1. The zero-order chi connectivity index (χ0) is 16.2. The summed E-state index contributed by atoms with van der Waals surface area (Å²) >= 11 is 1.16. The number of rotatable bonds is 5. The molecule has 3 heterocycles. The number of hydrogen-bond acceptors (Lipinski definition) is 10. The first-order valence-corrected chi connectivity index (χ1v) is 7.58. The Hall–Kier alpha value is -2.53. The molecule has 2 aromatic rings. The molecular formula is C12H15N7O3S. The number of amides is 1. The fourth-order valence-corrected chi connectivity index (χ4v) is 2.69. The van der Waals surface area contributed by atoms with Crippen LogP contribution < -0.4 is 20.7 Å². The molecule has 10 nitrogen and oxygen atoms in total. The summed E-state index contributed by atoms with van der Waals surface area (Å²) in [5, 5.41) is 3.44. The largest absolute Gasteiger partial charge is 0.480 e. The van der Waals surface area contributed by atoms with Gasteiger partial charge in [0, 0.05) is 24.6 Å². The molecule has 1 saturated heterocycles. The second-order valence-corrected chi connectivity index (χ2v) is 5.35. The quantitative estimate of drug-likeness (QED) is 0.775. The molecule has 0 aliphatic carbocycles. The predicted octanol–water partition coefficient (Wildman–Crippen LogP) is 0.0158. The summed E-state index contributed by atoms with van der Waals surface area (Å²) in [6.07, 6.45) is 1.28. The fraction of sp³-hybridized carbons (Fsp3) is 0.417. The van der Waals surface area contributed by atoms with Crippen LogP contribution in [0.5, 0.6) is 5.88 Å². The Kier molecular flexibility index (Phi) is 4.48. The van der Waals surface area contributed by atoms with Gasteiger partial charge in [-0.15, -0.1) is 0 Å². The van der Waals surface area contributed by atoms with Gasteiger partial charge in [0.05, 0.1) is 20.3 Å². The predicted molar refractivity (Wildman–Crippen MR) is 83.3 cm³/mol. The molecule has 0 bridgehead atoms. The number of carbonyl (C=O) groups is 1. The Bertz CT molecular complexity index is 702. The van der Waals surface area contributed by atoms with Crippen LogP contribution in [-0.4, -0.2) is 58.6 Å². The van der Waals surface area contributed by atoms with Gasteiger partial charge in [0.15, 0.2) is 5.82 Å². The van der Waals surface area contributed by atoms with Gasteiger partial charge < -0.3 is 25.4 Å². The van der Waals surface area contributed by atoms with Crippen LogP contribution >= 0.6 is 11.5 Å². The maximum atomic E-state index is 11.6. The minimum atomic E-state index is -0.692. The van der Waals surface area contributed by atoms with E-state index in [9.17, 15) is 4.79 Å². The van der Waals surface area contributed by atoms with Crippen LogP contribution in [0.1, 0.15) is 10.4 Å². The lowest BCUT2D eigenvalue weighted by Crippen LogP contribution is -2.36. The monoisotopic (exact) mass is 337 g/mol. The lowest BCUT2D eigenvalue weighted by Gasteiger charge is -2.25. The fourth-order valence-electron chi connectivity index (χ4n) is 2.10. The van der Waals surface area contributed by atoms with E-state index in [1.165, 1.54) is 13.4 Å². The van der Waals surface area contributed by atoms with E-state index in [1.54, 1.807) is 0 Å². The Balaban J connectivity index is 1.82. The van der Waals surface area contributed by atoms with Crippen molar-refractivity contribution in [3.8, 4) is 5.88 Å². The summed E-state index contributed by atoms with van der Waals surface area (Å²) in [6, 6.07) is 0. The first kappa shape index (κ1) is 15.4. The van der Waals surface area contributed by atoms with E-state index in [4.69, 9.17) is 15.2 Å². The standard InChI is InChI=1S/C12H15N7O3S/c1-21-10-7(8(13)20)9(14-6-15-10)16-12-17-11(18-23-12)19-2-4-22-5-3-19/h6H,2-5H2,1H3,(H2,13,20)(H,14,15,16,17,18). The van der Waals surface area contributed by atoms with Crippen molar-refractivity contribution in [3.05, 3.63) is 11.9 Å². The number of aromatic nitrogens is 4. The maximum Gasteiger partial charge on any atom is 0.258 e. The second-order valence-electron chi connectivity index (χ2n) is 4.59. The number of carbonyl (C=O) groups excluding carboxylic acids is 1. The van der Waals surface area contributed by atoms with Crippen molar-refractivity contribution in [1.29, 1.82) is 0 Å². The van der Waals surface area contributed by atoms with Crippen LogP contribution in [0.25, 0.3) is 0 Å². The Morgan fingerprint density at radius 3 is 2.91 bits per heavy atom. The van der Waals surface area contributed by atoms with Crippen molar-refractivity contribution in [3.63, 3.8) is 0 Å². The first-order chi connectivity index (χ1) is 11.2. The average Bonchev–Trinajstić information content (AvgIpc) is 3.03. The second kappa shape index (κ2) is 6.71. The summed E-state index contributed by atoms with van der Waals surface area (Å²) in [6.45, 7) is 2.78. The average molecular weight is 337 g/mol. The summed E-state index contributed by atoms with van der Waals surface area (Å²) < 4.78 is 14.6. The third-order valence-corrected chi connectivity index (χ3v) is 3.81. The molecule has 1 amide bonds. The first-order valence-electron chi connectivity index (χ1n) is 6.81. The minimum absolute atomic E-state index is 0.0677. The van der Waals surface area contributed by atoms with Crippen molar-refractivity contribution in [1.82, 2.24) is 19.3 Å². The van der Waals surface area contributed by atoms with Gasteiger partial charge in [-0.05, 0) is 0 Å². The van der Waals surface area contributed by atoms with E-state index < -0.39 is 5.91 Å². The number of ether oxygens (including phenoxy) is 2. The zero-order valence-corrected chi connectivity index (χ0v) is 13.2. The number of hydrogen-bond donors (Lipinski definition) is 2. The molecule has 0 aromatic carbocycles. The number of anilines is 3. The number of methoxy groups -OCH3 is 1. The molecule has 0 radical (unpaired) electrons. The van der Waals surface area contributed by atoms with Gasteiger partial charge in [-0.25, -0.2) is 9.97 Å². The van der Waals surface area contributed by atoms with Crippen LogP contribution in [0.3, 0.4) is 0 Å². The van der Waals surface area contributed by atoms with Crippen molar-refractivity contribution < 1.29 is 14.3 Å². The smallest absolute Gasteiger partial charge is 0.258 e. The van der Waals surface area contributed by atoms with E-state index >= 15 is 0 Å². The number of nitrogens with one attached hydrogen (secondary N) is 1. The van der Waals surface area contributed by atoms with Crippen molar-refractivity contribution in [2.45, 2.75) is 0 Å². The lowest BCUT2D eigenvalue weighted by molar-refractivity contribution is 0.0997. The Morgan fingerprint density at radius 2 is 2.22 bits per heavy atom. The van der Waals surface area contributed by atoms with E-state index in [0.717, 1.165) is 24.6 Å². The van der Waals surface area contributed by atoms with Gasteiger partial charge >= 0.3 is 0 Å². The molecule has 0 spiro atoms. The summed E-state index contributed by atoms with van der Waals surface area (Å²) in [4.78, 5) is 25.9. The minimum Gasteiger partial charge on any atom is -0.480 e. The van der Waals surface area contributed by atoms with Gasteiger partial charge in [0.2, 0.25) is 17.0 Å². The maximum absolute atomic E-state index is 11.6. The molecule has 11 heteroatoms. The molecule has 1 aliphatic rings. The number of primary amides is 1. The van der Waals surface area contributed by atoms with E-state index in [0.29, 0.717) is 24.3 Å². The number of nitrogens with two attached hydrogens (primary N) is 1. The zero-order valence-electron chi connectivity index (χ0n) is 12.4. The summed E-state index contributed by atoms with van der Waals surface area (Å²) in [5.74, 6) is 0.257. The van der Waals surface area contributed by atoms with E-state index in [2.05, 4.69) is 24.6 Å². The highest BCUT2D eigenvalue weighted by atomic mass is 32.1. The van der Waals surface area contributed by atoms with Crippen molar-refractivity contribution in [2.24, 2.45) is 5.73 Å². The van der Waals surface area contributed by atoms with Gasteiger partial charge in [0.1, 0.15) is 11.9 Å². The molecule has 3 N–H and O–H groups in total. The normalized spacial score (nSPS) is 14.6. The van der Waals surface area contributed by atoms with Crippen LogP contribution in [0.15, 0.2) is 6.33 Å². The van der Waals surface area contributed by atoms with Crippen LogP contribution in [0.2, 0.25) is 0 Å². The molecule has 122 valence electrons. The van der Waals surface area contributed by atoms with Crippen molar-refractivity contribution in [2.75, 3.05) is 43.6 Å². The Labute approximate surface area is 135 Å². The van der Waals surface area contributed by atoms with E-state index in [1.807, 2.05) is 4.90 Å². The molecule has 0 unspecified atom stereocenters. The van der Waals surface area contributed by atoms with Gasteiger partial charge in [-0.3, -0.25) is 4.79 Å². The highest BCUT2D eigenvalue weighted by Gasteiger charge is 2.20. The van der Waals surface area contributed by atoms with Crippen LogP contribution in [0.4, 0.5) is 16.9 Å². The molecule has 2 aromatic heterocycles. The molecular weight excluding hydrogens is 322 g/mol. The molecule has 0 atom stereocenters. The molecule has 0 saturated carbocycles. The van der Waals surface area contributed by atoms with Crippen LogP contribution in [-0.2, 0) is 4.74 Å². The third-order valence-electron chi connectivity index (χ3n) is 3.19. The van der Waals surface area contributed by atoms with Crippen LogP contribution in [0, 0.1) is 0 Å². The third kappa shape index (κ3) is 3.29. The topological polar surface area (TPSA) is 128 Å². The SMILES string of the molecule is COc1ncnc(Nc2nc(N3CCOCC3)ns2)c1C(N)=O. The Morgan fingerprint density at radius 1 is 1.43 bits per heavy atom. The van der Waals surface area contributed by atoms with Gasteiger partial charge in [-0.2, -0.15) is 9.36 Å². The van der Waals surface area contributed by atoms with Gasteiger partial charge in [-0.1, -0.05) is 0 Å². The molecule has 3 rings (SSSR count). The molecule has 23 heavy (non-hydrogen) atoms. The highest BCUT2D eigenvalue weighted by molar-refractivity contribution is 7.10. The van der Waals surface area contributed by atoms with Crippen molar-refractivity contribution >= 4 is 34.3 Å². The summed E-state index contributed by atoms with van der Waals surface area (Å²) in [7, 11) is 1.40. The molecule has 1 aliphatic heterocycles. The number of nitrogens with zero attached hydrogens (tertiary/aromatic N) is 5. The van der Waals surface area contributed by atoms with E-state index in [-0.39, 0.29) is 17.3 Å². The summed E-state index contributed by atoms with van der Waals surface area (Å²) in [5.41, 5.74) is 5.44. The highest BCUT2D eigenvalue weighted by Crippen LogP contribution is 2.26. The van der Waals surface area contributed by atoms with Gasteiger partial charge in [0.25, 0.3) is 5.91 Å². The molecule has 1 fully saturated rings. The lowest BCUT2D eigenvalue weighted by atomic mass is 10.3.